The van der Waals surface area contributed by atoms with Crippen molar-refractivity contribution in [2.75, 3.05) is 6.54 Å². The van der Waals surface area contributed by atoms with Gasteiger partial charge in [-0.25, -0.2) is 9.78 Å². The number of amides is 1. The van der Waals surface area contributed by atoms with Crippen LogP contribution < -0.4 is 5.32 Å². The minimum atomic E-state index is -0.961. The van der Waals surface area contributed by atoms with Gasteiger partial charge in [-0.1, -0.05) is 61.5 Å². The topological polar surface area (TPSA) is 89.2 Å². The second-order valence-electron chi connectivity index (χ2n) is 10.8. The molecule has 0 saturated carbocycles. The number of hydrogen-bond donors (Lipinski definition) is 2. The Morgan fingerprint density at radius 3 is 2.49 bits per heavy atom. The van der Waals surface area contributed by atoms with Crippen LogP contribution in [0.2, 0.25) is 0 Å². The van der Waals surface area contributed by atoms with Gasteiger partial charge in [-0.3, -0.25) is 4.79 Å². The summed E-state index contributed by atoms with van der Waals surface area (Å²) in [5, 5.41) is 13.9. The van der Waals surface area contributed by atoms with Gasteiger partial charge in [0.1, 0.15) is 5.82 Å². The lowest BCUT2D eigenvalue weighted by molar-refractivity contribution is 0.0696. The van der Waals surface area contributed by atoms with Gasteiger partial charge in [0, 0.05) is 30.1 Å². The number of rotatable bonds is 10. The van der Waals surface area contributed by atoms with E-state index in [0.717, 1.165) is 58.2 Å². The molecule has 7 heteroatoms. The minimum absolute atomic E-state index is 0.0832. The molecule has 0 fully saturated rings. The third kappa shape index (κ3) is 5.54. The Balaban J connectivity index is 1.30. The van der Waals surface area contributed by atoms with Crippen molar-refractivity contribution in [3.8, 4) is 5.69 Å². The number of aromatic nitrogens is 3. The summed E-state index contributed by atoms with van der Waals surface area (Å²) in [6.07, 6.45) is 4.46. The molecule has 1 amide bonds. The quantitative estimate of drug-likeness (QED) is 0.174. The number of aromatic carboxylic acids is 1. The summed E-state index contributed by atoms with van der Waals surface area (Å²) in [6, 6.07) is 29.3. The molecule has 7 nitrogen and oxygen atoms in total. The molecule has 6 rings (SSSR count). The molecule has 2 N–H and O–H groups in total. The van der Waals surface area contributed by atoms with Crippen molar-refractivity contribution in [1.29, 1.82) is 0 Å². The van der Waals surface area contributed by atoms with Crippen LogP contribution >= 0.6 is 0 Å². The molecular formula is C36H34N4O3. The van der Waals surface area contributed by atoms with E-state index in [1.54, 1.807) is 12.1 Å². The lowest BCUT2D eigenvalue weighted by Gasteiger charge is -2.13. The summed E-state index contributed by atoms with van der Waals surface area (Å²) in [6.45, 7) is 5.27. The fourth-order valence-electron chi connectivity index (χ4n) is 5.87. The number of hydrogen-bond acceptors (Lipinski definition) is 3. The summed E-state index contributed by atoms with van der Waals surface area (Å²) in [4.78, 5) is 30.1. The van der Waals surface area contributed by atoms with E-state index < -0.39 is 5.97 Å². The zero-order chi connectivity index (χ0) is 29.9. The molecule has 0 bridgehead atoms. The first kappa shape index (κ1) is 28.0. The molecule has 0 saturated heterocycles. The SMILES string of the molecule is CCc1nc2c(C)cc(C(=O)NCCCc3ccccc3)cc2n1Cc1cccc2c1ccn2-c1ccccc1C(=O)O. The van der Waals surface area contributed by atoms with Gasteiger partial charge in [0.15, 0.2) is 0 Å². The summed E-state index contributed by atoms with van der Waals surface area (Å²) in [5.41, 5.74) is 7.59. The second kappa shape index (κ2) is 12.0. The van der Waals surface area contributed by atoms with Gasteiger partial charge in [0.2, 0.25) is 0 Å². The zero-order valence-electron chi connectivity index (χ0n) is 24.4. The highest BCUT2D eigenvalue weighted by molar-refractivity contribution is 5.98. The number of aryl methyl sites for hydroxylation is 3. The maximum absolute atomic E-state index is 13.2. The highest BCUT2D eigenvalue weighted by atomic mass is 16.4. The van der Waals surface area contributed by atoms with Crippen LogP contribution in [-0.4, -0.2) is 37.6 Å². The fraction of sp³-hybridized carbons (Fsp3) is 0.194. The fourth-order valence-corrected chi connectivity index (χ4v) is 5.87. The first-order valence-electron chi connectivity index (χ1n) is 14.7. The molecule has 0 radical (unpaired) electrons. The molecule has 0 atom stereocenters. The molecule has 0 aliphatic rings. The molecule has 4 aromatic carbocycles. The Morgan fingerprint density at radius 2 is 1.70 bits per heavy atom. The second-order valence-corrected chi connectivity index (χ2v) is 10.8. The Hall–Kier alpha value is -5.17. The number of imidazole rings is 1. The van der Waals surface area contributed by atoms with Crippen LogP contribution in [0.15, 0.2) is 97.2 Å². The number of carbonyl (C=O) groups excluding carboxylic acids is 1. The van der Waals surface area contributed by atoms with E-state index in [2.05, 4.69) is 35.0 Å². The summed E-state index contributed by atoms with van der Waals surface area (Å²) >= 11 is 0. The average Bonchev–Trinajstić information content (AvgIpc) is 3.62. The largest absolute Gasteiger partial charge is 0.478 e. The van der Waals surface area contributed by atoms with Crippen molar-refractivity contribution < 1.29 is 14.7 Å². The lowest BCUT2D eigenvalue weighted by Crippen LogP contribution is -2.25. The number of nitrogens with one attached hydrogen (secondary N) is 1. The van der Waals surface area contributed by atoms with Gasteiger partial charge in [-0.2, -0.15) is 0 Å². The van der Waals surface area contributed by atoms with Gasteiger partial charge < -0.3 is 19.6 Å². The Morgan fingerprint density at radius 1 is 0.907 bits per heavy atom. The zero-order valence-corrected chi connectivity index (χ0v) is 24.4. The van der Waals surface area contributed by atoms with Crippen LogP contribution in [-0.2, 0) is 19.4 Å². The van der Waals surface area contributed by atoms with Gasteiger partial charge >= 0.3 is 5.97 Å². The third-order valence-corrected chi connectivity index (χ3v) is 8.02. The molecule has 0 aliphatic heterocycles. The average molecular weight is 571 g/mol. The van der Waals surface area contributed by atoms with E-state index in [1.807, 2.05) is 78.4 Å². The predicted molar refractivity (Wildman–Crippen MR) is 170 cm³/mol. The van der Waals surface area contributed by atoms with E-state index in [9.17, 15) is 14.7 Å². The monoisotopic (exact) mass is 570 g/mol. The van der Waals surface area contributed by atoms with Crippen LogP contribution in [0.3, 0.4) is 0 Å². The number of benzene rings is 4. The first-order valence-corrected chi connectivity index (χ1v) is 14.7. The molecule has 0 aliphatic carbocycles. The van der Waals surface area contributed by atoms with Crippen LogP contribution in [0, 0.1) is 6.92 Å². The van der Waals surface area contributed by atoms with Crippen molar-refractivity contribution >= 4 is 33.8 Å². The van der Waals surface area contributed by atoms with Crippen LogP contribution in [0.1, 0.15) is 56.6 Å². The van der Waals surface area contributed by atoms with Crippen molar-refractivity contribution in [3.63, 3.8) is 0 Å². The normalized spacial score (nSPS) is 11.3. The van der Waals surface area contributed by atoms with Crippen LogP contribution in [0.4, 0.5) is 0 Å². The molecule has 216 valence electrons. The van der Waals surface area contributed by atoms with Crippen LogP contribution in [0.25, 0.3) is 27.6 Å². The lowest BCUT2D eigenvalue weighted by atomic mass is 10.1. The highest BCUT2D eigenvalue weighted by Gasteiger charge is 2.18. The smallest absolute Gasteiger partial charge is 0.337 e. The number of nitrogens with zero attached hydrogens (tertiary/aromatic N) is 3. The van der Waals surface area contributed by atoms with Gasteiger partial charge in [0.05, 0.1) is 34.3 Å². The molecule has 2 heterocycles. The van der Waals surface area contributed by atoms with E-state index in [4.69, 9.17) is 4.98 Å². The van der Waals surface area contributed by atoms with E-state index in [0.29, 0.717) is 24.3 Å². The number of carboxylic acid groups (broad SMARTS) is 1. The summed E-state index contributed by atoms with van der Waals surface area (Å²) in [5.74, 6) is -0.0937. The summed E-state index contributed by atoms with van der Waals surface area (Å²) in [7, 11) is 0. The van der Waals surface area contributed by atoms with E-state index in [-0.39, 0.29) is 11.5 Å². The molecule has 43 heavy (non-hydrogen) atoms. The highest BCUT2D eigenvalue weighted by Crippen LogP contribution is 2.29. The summed E-state index contributed by atoms with van der Waals surface area (Å²) < 4.78 is 4.13. The van der Waals surface area contributed by atoms with Gasteiger partial charge in [0.25, 0.3) is 5.91 Å². The van der Waals surface area contributed by atoms with Gasteiger partial charge in [-0.05, 0) is 72.9 Å². The van der Waals surface area contributed by atoms with Crippen LogP contribution in [0.5, 0.6) is 0 Å². The van der Waals surface area contributed by atoms with Crippen molar-refractivity contribution in [2.24, 2.45) is 0 Å². The third-order valence-electron chi connectivity index (χ3n) is 8.02. The molecule has 0 spiro atoms. The van der Waals surface area contributed by atoms with E-state index >= 15 is 0 Å². The van der Waals surface area contributed by atoms with Gasteiger partial charge in [-0.15, -0.1) is 0 Å². The Labute approximate surface area is 250 Å². The standard InChI is InChI=1S/C36H34N4O3/c1-3-33-38-34-24(2)21-27(35(41)37-19-10-13-25-11-5-4-6-12-25)22-32(34)40(33)23-26-14-9-17-30-28(26)18-20-39(30)31-16-8-7-15-29(31)36(42)43/h4-9,11-12,14-18,20-22H,3,10,13,19,23H2,1-2H3,(H,37,41)(H,42,43). The number of carbonyl (C=O) groups is 2. The first-order chi connectivity index (χ1) is 20.9. The maximum atomic E-state index is 13.2. The van der Waals surface area contributed by atoms with Crippen molar-refractivity contribution in [2.45, 2.75) is 39.7 Å². The number of fused-ring (bicyclic) bond motifs is 2. The molecule has 6 aromatic rings. The molecule has 0 unspecified atom stereocenters. The van der Waals surface area contributed by atoms with Crippen molar-refractivity contribution in [1.82, 2.24) is 19.4 Å². The Kier molecular flexibility index (Phi) is 7.79. The van der Waals surface area contributed by atoms with E-state index in [1.165, 1.54) is 5.56 Å². The predicted octanol–water partition coefficient (Wildman–Crippen LogP) is 6.96. The van der Waals surface area contributed by atoms with Crippen molar-refractivity contribution in [3.05, 3.63) is 131 Å². The minimum Gasteiger partial charge on any atom is -0.478 e. The number of para-hydroxylation sites is 1. The maximum Gasteiger partial charge on any atom is 0.337 e. The Bertz CT molecular complexity index is 1950. The molecular weight excluding hydrogens is 536 g/mol. The molecule has 2 aromatic heterocycles. The number of carboxylic acids is 1.